The molecule has 0 heterocycles. The summed E-state index contributed by atoms with van der Waals surface area (Å²) in [4.78, 5) is 9.94. The Labute approximate surface area is 132 Å². The monoisotopic (exact) mass is 341 g/mol. The van der Waals surface area contributed by atoms with Gasteiger partial charge in [-0.05, 0) is 35.9 Å². The number of rotatable bonds is 4. The average Bonchev–Trinajstić information content (AvgIpc) is 2.50. The van der Waals surface area contributed by atoms with Crippen molar-refractivity contribution in [1.82, 2.24) is 0 Å². The molecule has 24 heavy (non-hydrogen) atoms. The van der Waals surface area contributed by atoms with Crippen molar-refractivity contribution < 1.29 is 28.3 Å². The molecule has 0 atom stereocenters. The number of nitro groups is 1. The minimum atomic E-state index is -4.70. The van der Waals surface area contributed by atoms with Gasteiger partial charge in [0.15, 0.2) is 11.5 Å². The zero-order chi connectivity index (χ0) is 17.9. The third-order valence-corrected chi connectivity index (χ3v) is 2.92. The Morgan fingerprint density at radius 2 is 1.83 bits per heavy atom. The standard InChI is InChI=1S/C14H10F3N3O4/c15-14(16,17)9-2-3-10(11(6-9)20(23)24)19-18-7-8-1-4-12(21)13(22)5-8/h1-7,19,21-22H. The Hall–Kier alpha value is -3.30. The van der Waals surface area contributed by atoms with E-state index in [9.17, 15) is 28.4 Å². The molecular weight excluding hydrogens is 331 g/mol. The maximum absolute atomic E-state index is 12.6. The van der Waals surface area contributed by atoms with Gasteiger partial charge in [-0.1, -0.05) is 0 Å². The predicted octanol–water partition coefficient (Wildman–Crippen LogP) is 3.47. The van der Waals surface area contributed by atoms with Gasteiger partial charge < -0.3 is 10.2 Å². The van der Waals surface area contributed by atoms with Crippen molar-refractivity contribution in [3.05, 3.63) is 57.6 Å². The molecule has 0 fully saturated rings. The van der Waals surface area contributed by atoms with Gasteiger partial charge in [0.1, 0.15) is 5.69 Å². The summed E-state index contributed by atoms with van der Waals surface area (Å²) in [5.74, 6) is -0.724. The van der Waals surface area contributed by atoms with Crippen molar-refractivity contribution in [1.29, 1.82) is 0 Å². The van der Waals surface area contributed by atoms with E-state index in [4.69, 9.17) is 5.11 Å². The molecule has 0 amide bonds. The second kappa shape index (κ2) is 6.44. The number of halogens is 3. The molecule has 3 N–H and O–H groups in total. The van der Waals surface area contributed by atoms with Gasteiger partial charge in [-0.3, -0.25) is 15.5 Å². The van der Waals surface area contributed by atoms with Crippen LogP contribution < -0.4 is 5.43 Å². The van der Waals surface area contributed by atoms with Crippen LogP contribution in [0, 0.1) is 10.1 Å². The van der Waals surface area contributed by atoms with E-state index in [0.29, 0.717) is 17.7 Å². The Kier molecular flexibility index (Phi) is 4.58. The zero-order valence-corrected chi connectivity index (χ0v) is 11.8. The molecule has 0 bridgehead atoms. The number of hydrogen-bond donors (Lipinski definition) is 3. The molecular formula is C14H10F3N3O4. The van der Waals surface area contributed by atoms with E-state index in [2.05, 4.69) is 10.5 Å². The highest BCUT2D eigenvalue weighted by atomic mass is 19.4. The van der Waals surface area contributed by atoms with Crippen LogP contribution in [0.25, 0.3) is 0 Å². The van der Waals surface area contributed by atoms with Gasteiger partial charge in [-0.25, -0.2) is 0 Å². The minimum absolute atomic E-state index is 0.229. The van der Waals surface area contributed by atoms with Crippen molar-refractivity contribution in [2.75, 3.05) is 5.43 Å². The van der Waals surface area contributed by atoms with Crippen molar-refractivity contribution in [2.24, 2.45) is 5.10 Å². The molecule has 2 aromatic carbocycles. The number of nitrogens with one attached hydrogen (secondary N) is 1. The lowest BCUT2D eigenvalue weighted by Gasteiger charge is -2.08. The number of nitro benzene ring substituents is 1. The maximum Gasteiger partial charge on any atom is 0.416 e. The first kappa shape index (κ1) is 17.1. The number of alkyl halides is 3. The molecule has 0 radical (unpaired) electrons. The number of aromatic hydroxyl groups is 2. The smallest absolute Gasteiger partial charge is 0.416 e. The van der Waals surface area contributed by atoms with Crippen molar-refractivity contribution in [3.8, 4) is 11.5 Å². The molecule has 2 rings (SSSR count). The first-order chi connectivity index (χ1) is 11.2. The molecule has 0 saturated carbocycles. The second-order valence-electron chi connectivity index (χ2n) is 4.60. The van der Waals surface area contributed by atoms with Crippen LogP contribution in [0.1, 0.15) is 11.1 Å². The Bertz CT molecular complexity index is 806. The molecule has 0 unspecified atom stereocenters. The van der Waals surface area contributed by atoms with Crippen LogP contribution in [-0.4, -0.2) is 21.4 Å². The topological polar surface area (TPSA) is 108 Å². The summed E-state index contributed by atoms with van der Waals surface area (Å²) in [6, 6.07) is 5.79. The van der Waals surface area contributed by atoms with E-state index in [1.54, 1.807) is 0 Å². The third-order valence-electron chi connectivity index (χ3n) is 2.92. The Morgan fingerprint density at radius 3 is 2.42 bits per heavy atom. The van der Waals surface area contributed by atoms with Gasteiger partial charge in [0.2, 0.25) is 0 Å². The summed E-state index contributed by atoms with van der Waals surface area (Å²) in [5.41, 5.74) is 0.469. The summed E-state index contributed by atoms with van der Waals surface area (Å²) < 4.78 is 37.8. The largest absolute Gasteiger partial charge is 0.504 e. The van der Waals surface area contributed by atoms with Crippen LogP contribution in [0.3, 0.4) is 0 Å². The van der Waals surface area contributed by atoms with Crippen LogP contribution in [0.5, 0.6) is 11.5 Å². The first-order valence-corrected chi connectivity index (χ1v) is 6.35. The number of anilines is 1. The van der Waals surface area contributed by atoms with Gasteiger partial charge in [0.25, 0.3) is 5.69 Å². The van der Waals surface area contributed by atoms with Crippen molar-refractivity contribution >= 4 is 17.6 Å². The average molecular weight is 341 g/mol. The highest BCUT2D eigenvalue weighted by Crippen LogP contribution is 2.35. The molecule has 0 aromatic heterocycles. The SMILES string of the molecule is O=[N+]([O-])c1cc(C(F)(F)F)ccc1NN=Cc1ccc(O)c(O)c1. The molecule has 7 nitrogen and oxygen atoms in total. The second-order valence-corrected chi connectivity index (χ2v) is 4.60. The molecule has 0 aliphatic heterocycles. The lowest BCUT2D eigenvalue weighted by molar-refractivity contribution is -0.384. The Balaban J connectivity index is 2.24. The molecule has 2 aromatic rings. The number of phenolic OH excluding ortho intramolecular Hbond substituents is 2. The van der Waals surface area contributed by atoms with E-state index >= 15 is 0 Å². The lowest BCUT2D eigenvalue weighted by Crippen LogP contribution is -2.06. The summed E-state index contributed by atoms with van der Waals surface area (Å²) >= 11 is 0. The number of hydrogen-bond acceptors (Lipinski definition) is 6. The Morgan fingerprint density at radius 1 is 1.12 bits per heavy atom. The maximum atomic E-state index is 12.6. The van der Waals surface area contributed by atoms with E-state index in [0.717, 1.165) is 6.07 Å². The molecule has 10 heteroatoms. The molecule has 0 saturated heterocycles. The summed E-state index contributed by atoms with van der Waals surface area (Å²) in [6.07, 6.45) is -3.53. The fourth-order valence-corrected chi connectivity index (χ4v) is 1.75. The number of benzene rings is 2. The first-order valence-electron chi connectivity index (χ1n) is 6.35. The van der Waals surface area contributed by atoms with Gasteiger partial charge in [-0.15, -0.1) is 0 Å². The number of phenols is 2. The van der Waals surface area contributed by atoms with Gasteiger partial charge >= 0.3 is 6.18 Å². The molecule has 126 valence electrons. The van der Waals surface area contributed by atoms with Gasteiger partial charge in [0, 0.05) is 6.07 Å². The van der Waals surface area contributed by atoms with Gasteiger partial charge in [-0.2, -0.15) is 18.3 Å². The van der Waals surface area contributed by atoms with Crippen molar-refractivity contribution in [2.45, 2.75) is 6.18 Å². The summed E-state index contributed by atoms with van der Waals surface area (Å²) in [7, 11) is 0. The van der Waals surface area contributed by atoms with Crippen LogP contribution >= 0.6 is 0 Å². The van der Waals surface area contributed by atoms with Crippen LogP contribution in [0.4, 0.5) is 24.5 Å². The lowest BCUT2D eigenvalue weighted by atomic mass is 10.1. The predicted molar refractivity (Wildman–Crippen MR) is 79.1 cm³/mol. The summed E-state index contributed by atoms with van der Waals surface area (Å²) in [6.45, 7) is 0. The number of hydrazone groups is 1. The number of nitrogens with zero attached hydrogens (tertiary/aromatic N) is 2. The van der Waals surface area contributed by atoms with Crippen molar-refractivity contribution in [3.63, 3.8) is 0 Å². The van der Waals surface area contributed by atoms with Crippen LogP contribution in [0.15, 0.2) is 41.5 Å². The van der Waals surface area contributed by atoms with Crippen LogP contribution in [-0.2, 0) is 6.18 Å². The third kappa shape index (κ3) is 3.91. The summed E-state index contributed by atoms with van der Waals surface area (Å²) in [5, 5.41) is 33.0. The molecule has 0 aliphatic rings. The van der Waals surface area contributed by atoms with E-state index in [1.165, 1.54) is 24.4 Å². The minimum Gasteiger partial charge on any atom is -0.504 e. The normalized spacial score (nSPS) is 11.6. The quantitative estimate of drug-likeness (QED) is 0.341. The highest BCUT2D eigenvalue weighted by Gasteiger charge is 2.33. The highest BCUT2D eigenvalue weighted by molar-refractivity contribution is 5.81. The van der Waals surface area contributed by atoms with E-state index in [-0.39, 0.29) is 17.2 Å². The van der Waals surface area contributed by atoms with E-state index in [1.807, 2.05) is 0 Å². The van der Waals surface area contributed by atoms with Gasteiger partial charge in [0.05, 0.1) is 16.7 Å². The molecule has 0 aliphatic carbocycles. The fraction of sp³-hybridized carbons (Fsp3) is 0.0714. The zero-order valence-electron chi connectivity index (χ0n) is 11.8. The molecule has 0 spiro atoms. The van der Waals surface area contributed by atoms with E-state index < -0.39 is 22.4 Å². The fourth-order valence-electron chi connectivity index (χ4n) is 1.75. The van der Waals surface area contributed by atoms with Crippen LogP contribution in [0.2, 0.25) is 0 Å².